The average Bonchev–Trinajstić information content (AvgIpc) is 3.91. The molecule has 0 saturated heterocycles. The van der Waals surface area contributed by atoms with Gasteiger partial charge in [-0.05, 0) is 69.3 Å². The summed E-state index contributed by atoms with van der Waals surface area (Å²) in [6.45, 7) is 4.66. The molecule has 3 aromatic heterocycles. The molecule has 0 spiro atoms. The highest BCUT2D eigenvalue weighted by atomic mass is 16.3. The molecule has 0 atom stereocenters. The second-order valence-electron chi connectivity index (χ2n) is 15.7. The van der Waals surface area contributed by atoms with Crippen molar-refractivity contribution < 1.29 is 8.83 Å². The third-order valence-corrected chi connectivity index (χ3v) is 12.1. The first-order valence-electron chi connectivity index (χ1n) is 19.5. The molecule has 11 aromatic rings. The van der Waals surface area contributed by atoms with Crippen molar-refractivity contribution in [2.75, 3.05) is 0 Å². The molecule has 0 amide bonds. The van der Waals surface area contributed by atoms with E-state index in [9.17, 15) is 0 Å². The Kier molecular flexibility index (Phi) is 6.65. The van der Waals surface area contributed by atoms with Crippen LogP contribution in [0.1, 0.15) is 25.0 Å². The van der Waals surface area contributed by atoms with Crippen LogP contribution < -0.4 is 0 Å². The maximum absolute atomic E-state index is 6.43. The first-order valence-corrected chi connectivity index (χ1v) is 19.5. The summed E-state index contributed by atoms with van der Waals surface area (Å²) in [6.07, 6.45) is 0. The van der Waals surface area contributed by atoms with E-state index in [4.69, 9.17) is 18.8 Å². The fourth-order valence-electron chi connectivity index (χ4n) is 9.37. The summed E-state index contributed by atoms with van der Waals surface area (Å²) in [4.78, 5) is 10.7. The predicted octanol–water partition coefficient (Wildman–Crippen LogP) is 14.4. The van der Waals surface area contributed by atoms with E-state index in [-0.39, 0.29) is 5.41 Å². The summed E-state index contributed by atoms with van der Waals surface area (Å²) in [6, 6.07) is 59.9. The normalized spacial score (nSPS) is 13.2. The maximum Gasteiger partial charge on any atom is 0.161 e. The van der Waals surface area contributed by atoms with Crippen LogP contribution in [0.15, 0.2) is 179 Å². The zero-order valence-electron chi connectivity index (χ0n) is 31.4. The van der Waals surface area contributed by atoms with E-state index in [1.807, 2.05) is 36.4 Å². The molecule has 0 bridgehead atoms. The van der Waals surface area contributed by atoms with Crippen LogP contribution in [-0.4, -0.2) is 9.97 Å². The summed E-state index contributed by atoms with van der Waals surface area (Å²) in [7, 11) is 0. The molecule has 0 unspecified atom stereocenters. The van der Waals surface area contributed by atoms with Crippen LogP contribution in [0, 0.1) is 0 Å². The van der Waals surface area contributed by atoms with Crippen molar-refractivity contribution in [2.45, 2.75) is 19.3 Å². The SMILES string of the molecule is CC1(C)c2ccccc2-c2c(-c3ccc4nc(-c5cccc6oc7ccccc7c56)nc(-c5ccc(-c6cccc7c6oc6ccccc67)cc5)c4c3)cccc21. The molecular formula is C53H34N2O2. The zero-order chi connectivity index (χ0) is 37.8. The van der Waals surface area contributed by atoms with Gasteiger partial charge in [0, 0.05) is 49.0 Å². The summed E-state index contributed by atoms with van der Waals surface area (Å²) in [5.74, 6) is 0.662. The van der Waals surface area contributed by atoms with Gasteiger partial charge in [0.05, 0.1) is 11.2 Å². The van der Waals surface area contributed by atoms with Crippen molar-refractivity contribution in [3.63, 3.8) is 0 Å². The van der Waals surface area contributed by atoms with Crippen LogP contribution in [0.3, 0.4) is 0 Å². The van der Waals surface area contributed by atoms with Crippen molar-refractivity contribution in [3.8, 4) is 56.0 Å². The molecule has 0 saturated carbocycles. The first kappa shape index (κ1) is 32.0. The third kappa shape index (κ3) is 4.68. The van der Waals surface area contributed by atoms with Gasteiger partial charge in [-0.15, -0.1) is 0 Å². The Morgan fingerprint density at radius 2 is 1.04 bits per heavy atom. The van der Waals surface area contributed by atoms with Crippen molar-refractivity contribution in [1.29, 1.82) is 0 Å². The molecule has 3 heterocycles. The minimum Gasteiger partial charge on any atom is -0.456 e. The van der Waals surface area contributed by atoms with E-state index < -0.39 is 0 Å². The van der Waals surface area contributed by atoms with Crippen LogP contribution in [0.2, 0.25) is 0 Å². The number of para-hydroxylation sites is 3. The smallest absolute Gasteiger partial charge is 0.161 e. The Labute approximate surface area is 328 Å². The molecule has 4 nitrogen and oxygen atoms in total. The van der Waals surface area contributed by atoms with Crippen molar-refractivity contribution >= 4 is 54.8 Å². The summed E-state index contributed by atoms with van der Waals surface area (Å²) in [5, 5.41) is 5.30. The largest absolute Gasteiger partial charge is 0.456 e. The highest BCUT2D eigenvalue weighted by Gasteiger charge is 2.36. The molecule has 0 fully saturated rings. The van der Waals surface area contributed by atoms with E-state index >= 15 is 0 Å². The van der Waals surface area contributed by atoms with Gasteiger partial charge in [-0.3, -0.25) is 0 Å². The lowest BCUT2D eigenvalue weighted by Crippen LogP contribution is -2.14. The molecule has 1 aliphatic carbocycles. The molecule has 8 aromatic carbocycles. The van der Waals surface area contributed by atoms with Gasteiger partial charge in [-0.2, -0.15) is 0 Å². The van der Waals surface area contributed by atoms with Gasteiger partial charge in [0.15, 0.2) is 5.82 Å². The Morgan fingerprint density at radius 3 is 1.91 bits per heavy atom. The second kappa shape index (κ2) is 11.8. The standard InChI is InChI=1S/C53H34N2O2/c1-53(2)42-19-6-3-13-38(42)48-34(15-10-20-43(48)53)33-28-29-44-41(30-33)50(55-52(54-44)40-18-11-23-47-49(40)39-14-5-8-22-46(39)56-47)32-26-24-31(25-27-32)35-16-9-17-37-36-12-4-7-21-45(36)57-51(35)37/h3-30H,1-2H3. The second-order valence-corrected chi connectivity index (χ2v) is 15.7. The fourth-order valence-corrected chi connectivity index (χ4v) is 9.37. The minimum atomic E-state index is -0.0886. The van der Waals surface area contributed by atoms with E-state index in [1.165, 1.54) is 27.8 Å². The molecule has 268 valence electrons. The average molecular weight is 731 g/mol. The number of nitrogens with zero attached hydrogens (tertiary/aromatic N) is 2. The quantitative estimate of drug-likeness (QED) is 0.181. The Balaban J connectivity index is 1.07. The zero-order valence-corrected chi connectivity index (χ0v) is 31.4. The number of fused-ring (bicyclic) bond motifs is 10. The van der Waals surface area contributed by atoms with Crippen LogP contribution >= 0.6 is 0 Å². The highest BCUT2D eigenvalue weighted by Crippen LogP contribution is 2.52. The van der Waals surface area contributed by atoms with Crippen LogP contribution in [-0.2, 0) is 5.41 Å². The van der Waals surface area contributed by atoms with Gasteiger partial charge in [-0.25, -0.2) is 9.97 Å². The van der Waals surface area contributed by atoms with Gasteiger partial charge >= 0.3 is 0 Å². The Bertz CT molecular complexity index is 3440. The van der Waals surface area contributed by atoms with Crippen molar-refractivity contribution in [2.24, 2.45) is 0 Å². The monoisotopic (exact) mass is 730 g/mol. The summed E-state index contributed by atoms with van der Waals surface area (Å²) < 4.78 is 12.7. The summed E-state index contributed by atoms with van der Waals surface area (Å²) >= 11 is 0. The van der Waals surface area contributed by atoms with E-state index in [0.717, 1.165) is 88.3 Å². The molecule has 0 aliphatic heterocycles. The minimum absolute atomic E-state index is 0.0886. The molecule has 4 heteroatoms. The molecule has 12 rings (SSSR count). The molecule has 57 heavy (non-hydrogen) atoms. The highest BCUT2D eigenvalue weighted by molar-refractivity contribution is 6.13. The number of furan rings is 2. The Hall–Kier alpha value is -7.30. The predicted molar refractivity (Wildman–Crippen MR) is 233 cm³/mol. The van der Waals surface area contributed by atoms with Gasteiger partial charge < -0.3 is 8.83 Å². The molecular weight excluding hydrogens is 697 g/mol. The Morgan fingerprint density at radius 1 is 0.421 bits per heavy atom. The van der Waals surface area contributed by atoms with Gasteiger partial charge in [0.2, 0.25) is 0 Å². The number of rotatable bonds is 4. The van der Waals surface area contributed by atoms with Gasteiger partial charge in [-0.1, -0.05) is 153 Å². The lowest BCUT2D eigenvalue weighted by atomic mass is 9.82. The lowest BCUT2D eigenvalue weighted by Gasteiger charge is -2.21. The van der Waals surface area contributed by atoms with Crippen LogP contribution in [0.25, 0.3) is 111 Å². The van der Waals surface area contributed by atoms with Crippen LogP contribution in [0.5, 0.6) is 0 Å². The van der Waals surface area contributed by atoms with Crippen molar-refractivity contribution in [1.82, 2.24) is 9.97 Å². The maximum atomic E-state index is 6.43. The first-order chi connectivity index (χ1) is 28.0. The van der Waals surface area contributed by atoms with E-state index in [0.29, 0.717) is 5.82 Å². The molecule has 1 aliphatic rings. The number of hydrogen-bond donors (Lipinski definition) is 0. The fraction of sp³-hybridized carbons (Fsp3) is 0.0566. The summed E-state index contributed by atoms with van der Waals surface area (Å²) in [5.41, 5.74) is 16.9. The number of aromatic nitrogens is 2. The topological polar surface area (TPSA) is 52.1 Å². The molecule has 0 N–H and O–H groups in total. The van der Waals surface area contributed by atoms with E-state index in [2.05, 4.69) is 147 Å². The molecule has 0 radical (unpaired) electrons. The lowest BCUT2D eigenvalue weighted by molar-refractivity contribution is 0.660. The van der Waals surface area contributed by atoms with Gasteiger partial charge in [0.25, 0.3) is 0 Å². The number of benzene rings is 8. The van der Waals surface area contributed by atoms with E-state index in [1.54, 1.807) is 0 Å². The third-order valence-electron chi connectivity index (χ3n) is 12.1. The van der Waals surface area contributed by atoms with Gasteiger partial charge in [0.1, 0.15) is 22.3 Å². The van der Waals surface area contributed by atoms with Crippen molar-refractivity contribution in [3.05, 3.63) is 181 Å². The number of hydrogen-bond acceptors (Lipinski definition) is 4. The van der Waals surface area contributed by atoms with Crippen LogP contribution in [0.4, 0.5) is 0 Å².